The number of nitrogens with zero attached hydrogens (tertiary/aromatic N) is 1. The molecule has 4 heteroatoms. The molecule has 1 aliphatic rings. The van der Waals surface area contributed by atoms with Crippen LogP contribution < -0.4 is 0 Å². The van der Waals surface area contributed by atoms with Gasteiger partial charge in [0.15, 0.2) is 0 Å². The Labute approximate surface area is 107 Å². The van der Waals surface area contributed by atoms with E-state index in [2.05, 4.69) is 0 Å². The zero-order chi connectivity index (χ0) is 13.1. The van der Waals surface area contributed by atoms with Crippen LogP contribution in [-0.4, -0.2) is 23.6 Å². The summed E-state index contributed by atoms with van der Waals surface area (Å²) < 4.78 is 5.46. The molecule has 0 atom stereocenters. The summed E-state index contributed by atoms with van der Waals surface area (Å²) in [4.78, 5) is 25.0. The Balaban J connectivity index is 1.90. The zero-order valence-electron chi connectivity index (χ0n) is 10.9. The quantitative estimate of drug-likeness (QED) is 0.826. The molecule has 0 bridgehead atoms. The van der Waals surface area contributed by atoms with Crippen molar-refractivity contribution >= 4 is 11.7 Å². The lowest BCUT2D eigenvalue weighted by atomic mass is 9.87. The second-order valence-corrected chi connectivity index (χ2v) is 5.02. The number of amides is 1. The van der Waals surface area contributed by atoms with Crippen molar-refractivity contribution in [3.8, 4) is 0 Å². The van der Waals surface area contributed by atoms with E-state index in [0.29, 0.717) is 32.2 Å². The Morgan fingerprint density at radius 2 is 2.06 bits per heavy atom. The van der Waals surface area contributed by atoms with E-state index in [0.717, 1.165) is 11.5 Å². The minimum Gasteiger partial charge on any atom is -0.464 e. The van der Waals surface area contributed by atoms with Crippen molar-refractivity contribution < 1.29 is 14.0 Å². The number of rotatable bonds is 3. The molecule has 0 aromatic carbocycles. The molecule has 0 saturated heterocycles. The SMILES string of the molecule is Cc1ccc(CN(C)C(=O)C2CCC(=O)CC2)o1. The van der Waals surface area contributed by atoms with Crippen molar-refractivity contribution in [2.45, 2.75) is 39.2 Å². The Hall–Kier alpha value is -1.58. The minimum absolute atomic E-state index is 0.00348. The first-order valence-corrected chi connectivity index (χ1v) is 6.38. The first-order valence-electron chi connectivity index (χ1n) is 6.38. The largest absolute Gasteiger partial charge is 0.464 e. The van der Waals surface area contributed by atoms with Gasteiger partial charge in [-0.3, -0.25) is 9.59 Å². The Morgan fingerprint density at radius 3 is 2.61 bits per heavy atom. The molecule has 1 aromatic heterocycles. The van der Waals surface area contributed by atoms with Crippen LogP contribution in [0, 0.1) is 12.8 Å². The lowest BCUT2D eigenvalue weighted by Crippen LogP contribution is -2.34. The summed E-state index contributed by atoms with van der Waals surface area (Å²) in [5.41, 5.74) is 0. The summed E-state index contributed by atoms with van der Waals surface area (Å²) in [6, 6.07) is 3.79. The van der Waals surface area contributed by atoms with Crippen molar-refractivity contribution in [1.29, 1.82) is 0 Å². The van der Waals surface area contributed by atoms with Crippen LogP contribution in [0.4, 0.5) is 0 Å². The third kappa shape index (κ3) is 3.00. The molecule has 18 heavy (non-hydrogen) atoms. The highest BCUT2D eigenvalue weighted by Gasteiger charge is 2.27. The van der Waals surface area contributed by atoms with Gasteiger partial charge < -0.3 is 9.32 Å². The van der Waals surface area contributed by atoms with Gasteiger partial charge >= 0.3 is 0 Å². The Morgan fingerprint density at radius 1 is 1.39 bits per heavy atom. The maximum atomic E-state index is 12.2. The second-order valence-electron chi connectivity index (χ2n) is 5.02. The average Bonchev–Trinajstić information content (AvgIpc) is 2.75. The molecule has 1 saturated carbocycles. The van der Waals surface area contributed by atoms with Crippen LogP contribution in [0.2, 0.25) is 0 Å². The molecule has 1 amide bonds. The molecular weight excluding hydrogens is 230 g/mol. The standard InChI is InChI=1S/C14H19NO3/c1-10-3-8-13(18-10)9-15(2)14(17)11-4-6-12(16)7-5-11/h3,8,11H,4-7,9H2,1-2H3. The van der Waals surface area contributed by atoms with Gasteiger partial charge in [0.1, 0.15) is 17.3 Å². The van der Waals surface area contributed by atoms with E-state index in [4.69, 9.17) is 4.42 Å². The molecule has 4 nitrogen and oxygen atoms in total. The van der Waals surface area contributed by atoms with Gasteiger partial charge in [-0.15, -0.1) is 0 Å². The Kier molecular flexibility index (Phi) is 3.84. The highest BCUT2D eigenvalue weighted by Crippen LogP contribution is 2.23. The number of carbonyl (C=O) groups excluding carboxylic acids is 2. The van der Waals surface area contributed by atoms with Crippen LogP contribution in [0.1, 0.15) is 37.2 Å². The number of Topliss-reactive ketones (excluding diaryl/α,β-unsaturated/α-hetero) is 1. The summed E-state index contributed by atoms with van der Waals surface area (Å²) in [6.45, 7) is 2.38. The first kappa shape index (κ1) is 12.9. The molecule has 1 heterocycles. The van der Waals surface area contributed by atoms with E-state index < -0.39 is 0 Å². The van der Waals surface area contributed by atoms with Gasteiger partial charge in [-0.05, 0) is 31.9 Å². The summed E-state index contributed by atoms with van der Waals surface area (Å²) >= 11 is 0. The highest BCUT2D eigenvalue weighted by molar-refractivity contribution is 5.84. The predicted octanol–water partition coefficient (Wildman–Crippen LogP) is 2.31. The molecule has 2 rings (SSSR count). The van der Waals surface area contributed by atoms with Crippen LogP contribution in [0.15, 0.2) is 16.5 Å². The number of hydrogen-bond acceptors (Lipinski definition) is 3. The summed E-state index contributed by atoms with van der Waals surface area (Å²) in [7, 11) is 1.79. The van der Waals surface area contributed by atoms with Gasteiger partial charge in [0.05, 0.1) is 6.54 Å². The first-order chi connectivity index (χ1) is 8.56. The summed E-state index contributed by atoms with van der Waals surface area (Å²) in [5.74, 6) is 2.06. The van der Waals surface area contributed by atoms with E-state index in [1.54, 1.807) is 11.9 Å². The maximum absolute atomic E-state index is 12.2. The number of hydrogen-bond donors (Lipinski definition) is 0. The molecule has 0 spiro atoms. The lowest BCUT2D eigenvalue weighted by molar-refractivity contribution is -0.137. The van der Waals surface area contributed by atoms with Crippen LogP contribution >= 0.6 is 0 Å². The molecule has 1 aromatic rings. The van der Waals surface area contributed by atoms with E-state index in [1.807, 2.05) is 19.1 Å². The molecule has 98 valence electrons. The number of carbonyl (C=O) groups is 2. The van der Waals surface area contributed by atoms with Crippen LogP contribution in [0.5, 0.6) is 0 Å². The van der Waals surface area contributed by atoms with Gasteiger partial charge in [0.25, 0.3) is 0 Å². The third-order valence-electron chi connectivity index (χ3n) is 3.46. The van der Waals surface area contributed by atoms with Crippen molar-refractivity contribution in [3.63, 3.8) is 0 Å². The number of furan rings is 1. The molecule has 0 unspecified atom stereocenters. The van der Waals surface area contributed by atoms with Gasteiger partial charge in [0.2, 0.25) is 5.91 Å². The maximum Gasteiger partial charge on any atom is 0.225 e. The molecule has 0 N–H and O–H groups in total. The summed E-state index contributed by atoms with van der Waals surface area (Å²) in [5, 5.41) is 0. The molecule has 1 fully saturated rings. The van der Waals surface area contributed by atoms with Gasteiger partial charge in [-0.1, -0.05) is 0 Å². The van der Waals surface area contributed by atoms with Crippen molar-refractivity contribution in [3.05, 3.63) is 23.7 Å². The highest BCUT2D eigenvalue weighted by atomic mass is 16.3. The monoisotopic (exact) mass is 249 g/mol. The van der Waals surface area contributed by atoms with Gasteiger partial charge in [-0.25, -0.2) is 0 Å². The van der Waals surface area contributed by atoms with E-state index >= 15 is 0 Å². The van der Waals surface area contributed by atoms with Crippen LogP contribution in [-0.2, 0) is 16.1 Å². The van der Waals surface area contributed by atoms with Crippen molar-refractivity contribution in [2.24, 2.45) is 5.92 Å². The second kappa shape index (κ2) is 5.38. The fourth-order valence-corrected chi connectivity index (χ4v) is 2.38. The van der Waals surface area contributed by atoms with Crippen LogP contribution in [0.25, 0.3) is 0 Å². The fraction of sp³-hybridized carbons (Fsp3) is 0.571. The normalized spacial score (nSPS) is 16.9. The van der Waals surface area contributed by atoms with Crippen molar-refractivity contribution in [1.82, 2.24) is 4.90 Å². The van der Waals surface area contributed by atoms with Gasteiger partial charge in [-0.2, -0.15) is 0 Å². The van der Waals surface area contributed by atoms with Crippen LogP contribution in [0.3, 0.4) is 0 Å². The number of aryl methyl sites for hydroxylation is 1. The molecule has 0 radical (unpaired) electrons. The van der Waals surface area contributed by atoms with E-state index in [-0.39, 0.29) is 17.6 Å². The molecule has 1 aliphatic carbocycles. The van der Waals surface area contributed by atoms with E-state index in [9.17, 15) is 9.59 Å². The molecular formula is C14H19NO3. The topological polar surface area (TPSA) is 50.5 Å². The smallest absolute Gasteiger partial charge is 0.225 e. The van der Waals surface area contributed by atoms with Gasteiger partial charge in [0, 0.05) is 25.8 Å². The Bertz CT molecular complexity index is 440. The third-order valence-corrected chi connectivity index (χ3v) is 3.46. The minimum atomic E-state index is 0.00348. The average molecular weight is 249 g/mol. The summed E-state index contributed by atoms with van der Waals surface area (Å²) in [6.07, 6.45) is 2.48. The van der Waals surface area contributed by atoms with E-state index in [1.165, 1.54) is 0 Å². The number of ketones is 1. The zero-order valence-corrected chi connectivity index (χ0v) is 10.9. The fourth-order valence-electron chi connectivity index (χ4n) is 2.38. The van der Waals surface area contributed by atoms with Crippen molar-refractivity contribution in [2.75, 3.05) is 7.05 Å². The lowest BCUT2D eigenvalue weighted by Gasteiger charge is -2.25. The molecule has 0 aliphatic heterocycles. The predicted molar refractivity (Wildman–Crippen MR) is 66.9 cm³/mol.